The highest BCUT2D eigenvalue weighted by Gasteiger charge is 2.40. The molecule has 7 aromatic rings. The van der Waals surface area contributed by atoms with Crippen molar-refractivity contribution in [3.05, 3.63) is 156 Å². The van der Waals surface area contributed by atoms with Crippen molar-refractivity contribution in [1.29, 1.82) is 0 Å². The van der Waals surface area contributed by atoms with Gasteiger partial charge in [-0.25, -0.2) is 4.90 Å². The Kier molecular flexibility index (Phi) is 6.41. The zero-order chi connectivity index (χ0) is 32.4. The van der Waals surface area contributed by atoms with Crippen LogP contribution in [0.1, 0.15) is 31.8 Å². The Morgan fingerprint density at radius 3 is 1.98 bits per heavy atom. The average molecular weight is 623 g/mol. The van der Waals surface area contributed by atoms with Gasteiger partial charge in [-0.15, -0.1) is 0 Å². The van der Waals surface area contributed by atoms with Crippen LogP contribution in [0.25, 0.3) is 49.7 Å². The highest BCUT2D eigenvalue weighted by atomic mass is 19.4. The van der Waals surface area contributed by atoms with Crippen LogP contribution in [0.15, 0.2) is 133 Å². The maximum absolute atomic E-state index is 14.4. The molecule has 0 saturated heterocycles. The van der Waals surface area contributed by atoms with Crippen molar-refractivity contribution < 1.29 is 22.8 Å². The zero-order valence-electron chi connectivity index (χ0n) is 25.0. The number of anilines is 1. The molecule has 1 aliphatic heterocycles. The lowest BCUT2D eigenvalue weighted by molar-refractivity contribution is -0.137. The van der Waals surface area contributed by atoms with E-state index in [9.17, 15) is 22.8 Å². The second-order valence-electron chi connectivity index (χ2n) is 11.6. The smallest absolute Gasteiger partial charge is 0.308 e. The van der Waals surface area contributed by atoms with Gasteiger partial charge in [0.15, 0.2) is 0 Å². The molecule has 0 aliphatic carbocycles. The summed E-state index contributed by atoms with van der Waals surface area (Å²) in [5.41, 5.74) is 6.10. The maximum atomic E-state index is 14.4. The Morgan fingerprint density at radius 1 is 0.553 bits per heavy atom. The van der Waals surface area contributed by atoms with Crippen LogP contribution in [0.4, 0.5) is 18.9 Å². The number of rotatable bonds is 4. The average Bonchev–Trinajstić information content (AvgIpc) is 3.55. The minimum absolute atomic E-state index is 0.291. The number of halogens is 3. The van der Waals surface area contributed by atoms with Gasteiger partial charge in [-0.3, -0.25) is 9.59 Å². The van der Waals surface area contributed by atoms with Crippen molar-refractivity contribution in [3.8, 4) is 27.9 Å². The second kappa shape index (κ2) is 10.6. The Labute approximate surface area is 267 Å². The topological polar surface area (TPSA) is 42.3 Å². The second-order valence-corrected chi connectivity index (χ2v) is 11.6. The first-order valence-electron chi connectivity index (χ1n) is 15.1. The van der Waals surface area contributed by atoms with E-state index in [1.807, 2.05) is 102 Å². The summed E-state index contributed by atoms with van der Waals surface area (Å²) in [7, 11) is 0. The molecular formula is C40H25F3N2O2. The highest BCUT2D eigenvalue weighted by molar-refractivity contribution is 6.36. The van der Waals surface area contributed by atoms with E-state index < -0.39 is 23.6 Å². The molecule has 4 nitrogen and oxygen atoms in total. The fraction of sp³-hybridized carbons (Fsp3) is 0.0500. The number of hydrogen-bond donors (Lipinski definition) is 0. The molecule has 0 bridgehead atoms. The van der Waals surface area contributed by atoms with Crippen molar-refractivity contribution in [1.82, 2.24) is 4.57 Å². The van der Waals surface area contributed by atoms with E-state index in [2.05, 4.69) is 0 Å². The monoisotopic (exact) mass is 622 g/mol. The molecule has 0 spiro atoms. The number of amides is 2. The molecule has 7 heteroatoms. The van der Waals surface area contributed by atoms with Gasteiger partial charge in [0.05, 0.1) is 39.1 Å². The first kappa shape index (κ1) is 28.5. The van der Waals surface area contributed by atoms with Crippen LogP contribution in [-0.4, -0.2) is 16.4 Å². The van der Waals surface area contributed by atoms with Gasteiger partial charge in [-0.05, 0) is 71.6 Å². The summed E-state index contributed by atoms with van der Waals surface area (Å²) in [6.07, 6.45) is -4.45. The highest BCUT2D eigenvalue weighted by Crippen LogP contribution is 2.43. The third-order valence-electron chi connectivity index (χ3n) is 8.91. The van der Waals surface area contributed by atoms with Crippen molar-refractivity contribution in [2.75, 3.05) is 4.90 Å². The molecule has 0 saturated carbocycles. The largest absolute Gasteiger partial charge is 0.416 e. The molecule has 6 aromatic carbocycles. The van der Waals surface area contributed by atoms with Crippen molar-refractivity contribution >= 4 is 39.3 Å². The summed E-state index contributed by atoms with van der Waals surface area (Å²) in [5, 5.41) is 1.71. The maximum Gasteiger partial charge on any atom is 0.416 e. The summed E-state index contributed by atoms with van der Waals surface area (Å²) in [5.74, 6) is -0.832. The van der Waals surface area contributed by atoms with Crippen LogP contribution in [0, 0.1) is 6.92 Å². The minimum atomic E-state index is -4.45. The van der Waals surface area contributed by atoms with E-state index in [0.717, 1.165) is 44.6 Å². The molecule has 8 rings (SSSR count). The molecule has 1 aromatic heterocycles. The summed E-state index contributed by atoms with van der Waals surface area (Å²) in [4.78, 5) is 29.7. The summed E-state index contributed by atoms with van der Waals surface area (Å²) < 4.78 is 42.5. The van der Waals surface area contributed by atoms with Crippen LogP contribution < -0.4 is 4.90 Å². The van der Waals surface area contributed by atoms with Gasteiger partial charge in [0.25, 0.3) is 11.8 Å². The molecule has 47 heavy (non-hydrogen) atoms. The number of carbonyl (C=O) groups is 2. The molecule has 228 valence electrons. The normalized spacial score (nSPS) is 13.1. The Morgan fingerprint density at radius 2 is 1.19 bits per heavy atom. The van der Waals surface area contributed by atoms with Crippen LogP contribution in [0.5, 0.6) is 0 Å². The van der Waals surface area contributed by atoms with Gasteiger partial charge >= 0.3 is 6.18 Å². The van der Waals surface area contributed by atoms with E-state index in [1.54, 1.807) is 25.1 Å². The van der Waals surface area contributed by atoms with E-state index in [4.69, 9.17) is 0 Å². The number of nitrogens with zero attached hydrogens (tertiary/aromatic N) is 2. The number of hydrogen-bond acceptors (Lipinski definition) is 2. The first-order chi connectivity index (χ1) is 22.7. The van der Waals surface area contributed by atoms with Crippen LogP contribution in [-0.2, 0) is 6.18 Å². The number of para-hydroxylation sites is 2. The van der Waals surface area contributed by atoms with Gasteiger partial charge in [-0.1, -0.05) is 91.0 Å². The van der Waals surface area contributed by atoms with Crippen LogP contribution in [0.2, 0.25) is 0 Å². The first-order valence-corrected chi connectivity index (χ1v) is 15.1. The standard InChI is InChI=1S/C40H25F3N2O2/c1-24-23-26(40(41,42)43)21-22-27(24)29-15-9-19-34-36(29)30-14-6-8-18-33(30)44(34)35-20-10-16-31-37(35)39(47)45(38(31)46)32-17-7-5-13-28(32)25-11-3-2-4-12-25/h2-23H,1H3. The summed E-state index contributed by atoms with van der Waals surface area (Å²) >= 11 is 0. The summed E-state index contributed by atoms with van der Waals surface area (Å²) in [6, 6.07) is 39.5. The molecule has 0 atom stereocenters. The molecule has 2 heterocycles. The van der Waals surface area contributed by atoms with Gasteiger partial charge in [0, 0.05) is 16.3 Å². The predicted molar refractivity (Wildman–Crippen MR) is 179 cm³/mol. The lowest BCUT2D eigenvalue weighted by Gasteiger charge is -2.18. The molecule has 2 amide bonds. The van der Waals surface area contributed by atoms with Crippen molar-refractivity contribution in [2.45, 2.75) is 13.1 Å². The molecule has 0 unspecified atom stereocenters. The van der Waals surface area contributed by atoms with Crippen molar-refractivity contribution in [2.24, 2.45) is 0 Å². The SMILES string of the molecule is Cc1cc(C(F)(F)F)ccc1-c1cccc2c1c1ccccc1n2-c1cccc2c1C(=O)N(c1ccccc1-c1ccccc1)C2=O. The molecule has 0 N–H and O–H groups in total. The van der Waals surface area contributed by atoms with Gasteiger partial charge in [0.1, 0.15) is 0 Å². The molecule has 0 radical (unpaired) electrons. The number of imide groups is 1. The third-order valence-corrected chi connectivity index (χ3v) is 8.91. The molecule has 1 aliphatic rings. The number of alkyl halides is 3. The summed E-state index contributed by atoms with van der Waals surface area (Å²) in [6.45, 7) is 1.68. The van der Waals surface area contributed by atoms with Crippen molar-refractivity contribution in [3.63, 3.8) is 0 Å². The fourth-order valence-electron chi connectivity index (χ4n) is 6.85. The zero-order valence-corrected chi connectivity index (χ0v) is 25.0. The van der Waals surface area contributed by atoms with E-state index >= 15 is 0 Å². The number of aryl methyl sites for hydroxylation is 1. The molecular weight excluding hydrogens is 597 g/mol. The van der Waals surface area contributed by atoms with E-state index in [0.29, 0.717) is 33.6 Å². The van der Waals surface area contributed by atoms with Gasteiger partial charge in [0.2, 0.25) is 0 Å². The van der Waals surface area contributed by atoms with Gasteiger partial charge < -0.3 is 4.57 Å². The quantitative estimate of drug-likeness (QED) is 0.183. The number of carbonyl (C=O) groups excluding carboxylic acids is 2. The number of benzene rings is 6. The third kappa shape index (κ3) is 4.38. The van der Waals surface area contributed by atoms with Gasteiger partial charge in [-0.2, -0.15) is 13.2 Å². The number of fused-ring (bicyclic) bond motifs is 4. The molecule has 0 fully saturated rings. The Hall–Kier alpha value is -5.95. The number of aromatic nitrogens is 1. The van der Waals surface area contributed by atoms with E-state index in [-0.39, 0.29) is 0 Å². The Balaban J connectivity index is 1.34. The lowest BCUT2D eigenvalue weighted by atomic mass is 9.94. The minimum Gasteiger partial charge on any atom is -0.308 e. The lowest BCUT2D eigenvalue weighted by Crippen LogP contribution is -2.30. The Bertz CT molecular complexity index is 2410. The van der Waals surface area contributed by atoms with Crippen LogP contribution >= 0.6 is 0 Å². The van der Waals surface area contributed by atoms with Crippen LogP contribution in [0.3, 0.4) is 0 Å². The van der Waals surface area contributed by atoms with E-state index in [1.165, 1.54) is 17.0 Å². The fourth-order valence-corrected chi connectivity index (χ4v) is 6.85. The predicted octanol–water partition coefficient (Wildman–Crippen LogP) is 10.2.